The molecule has 94 valence electrons. The quantitative estimate of drug-likeness (QED) is 0.841. The maximum atomic E-state index is 5.81. The molecule has 0 atom stereocenters. The molecule has 0 saturated carbocycles. The highest BCUT2D eigenvalue weighted by Gasteiger charge is 1.98. The zero-order valence-corrected chi connectivity index (χ0v) is 10.9. The predicted molar refractivity (Wildman–Crippen MR) is 72.8 cm³/mol. The topological polar surface area (TPSA) is 34.1 Å². The smallest absolute Gasteiger partial charge is 0.130 e. The molecule has 0 aliphatic rings. The molecule has 1 N–H and O–H groups in total. The van der Waals surface area contributed by atoms with Crippen molar-refractivity contribution in [1.82, 2.24) is 10.3 Å². The SMILES string of the molecule is CNCc1ccc(OCc2cccc(Cl)n2)cc1. The molecule has 0 saturated heterocycles. The van der Waals surface area contributed by atoms with Gasteiger partial charge in [0.15, 0.2) is 0 Å². The Morgan fingerprint density at radius 1 is 1.17 bits per heavy atom. The molecule has 2 rings (SSSR count). The summed E-state index contributed by atoms with van der Waals surface area (Å²) in [5.74, 6) is 0.830. The fourth-order valence-corrected chi connectivity index (χ4v) is 1.78. The van der Waals surface area contributed by atoms with Gasteiger partial charge < -0.3 is 10.1 Å². The van der Waals surface area contributed by atoms with Crippen molar-refractivity contribution in [2.45, 2.75) is 13.2 Å². The van der Waals surface area contributed by atoms with Crippen LogP contribution in [0.2, 0.25) is 5.15 Å². The highest BCUT2D eigenvalue weighted by atomic mass is 35.5. The molecule has 0 radical (unpaired) electrons. The van der Waals surface area contributed by atoms with Crippen LogP contribution in [-0.4, -0.2) is 12.0 Å². The van der Waals surface area contributed by atoms with Crippen LogP contribution in [0.4, 0.5) is 0 Å². The summed E-state index contributed by atoms with van der Waals surface area (Å²) in [7, 11) is 1.93. The first-order valence-corrected chi connectivity index (χ1v) is 6.13. The Labute approximate surface area is 112 Å². The molecular formula is C14H15ClN2O. The van der Waals surface area contributed by atoms with E-state index in [1.807, 2.05) is 43.4 Å². The highest BCUT2D eigenvalue weighted by molar-refractivity contribution is 6.29. The minimum Gasteiger partial charge on any atom is -0.487 e. The van der Waals surface area contributed by atoms with Gasteiger partial charge in [-0.1, -0.05) is 29.8 Å². The van der Waals surface area contributed by atoms with E-state index in [-0.39, 0.29) is 0 Å². The molecule has 0 spiro atoms. The van der Waals surface area contributed by atoms with Gasteiger partial charge in [0, 0.05) is 6.54 Å². The lowest BCUT2D eigenvalue weighted by atomic mass is 10.2. The van der Waals surface area contributed by atoms with Gasteiger partial charge in [0.1, 0.15) is 17.5 Å². The van der Waals surface area contributed by atoms with Crippen LogP contribution < -0.4 is 10.1 Å². The number of nitrogens with one attached hydrogen (secondary N) is 1. The molecule has 0 fully saturated rings. The second-order valence-corrected chi connectivity index (χ2v) is 4.30. The molecule has 0 aliphatic carbocycles. The Balaban J connectivity index is 1.93. The summed E-state index contributed by atoms with van der Waals surface area (Å²) < 4.78 is 5.64. The van der Waals surface area contributed by atoms with Crippen molar-refractivity contribution < 1.29 is 4.74 Å². The Kier molecular flexibility index (Phi) is 4.56. The van der Waals surface area contributed by atoms with Gasteiger partial charge >= 0.3 is 0 Å². The summed E-state index contributed by atoms with van der Waals surface area (Å²) in [6.07, 6.45) is 0. The van der Waals surface area contributed by atoms with Crippen LogP contribution in [0.15, 0.2) is 42.5 Å². The largest absolute Gasteiger partial charge is 0.487 e. The maximum absolute atomic E-state index is 5.81. The molecule has 4 heteroatoms. The van der Waals surface area contributed by atoms with E-state index >= 15 is 0 Å². The van der Waals surface area contributed by atoms with Crippen molar-refractivity contribution in [2.75, 3.05) is 7.05 Å². The summed E-state index contributed by atoms with van der Waals surface area (Å²) >= 11 is 5.81. The second kappa shape index (κ2) is 6.38. The number of nitrogens with zero attached hydrogens (tertiary/aromatic N) is 1. The second-order valence-electron chi connectivity index (χ2n) is 3.91. The zero-order valence-electron chi connectivity index (χ0n) is 10.2. The lowest BCUT2D eigenvalue weighted by molar-refractivity contribution is 0.301. The van der Waals surface area contributed by atoms with E-state index in [4.69, 9.17) is 16.3 Å². The number of rotatable bonds is 5. The maximum Gasteiger partial charge on any atom is 0.130 e. The van der Waals surface area contributed by atoms with Gasteiger partial charge in [0.2, 0.25) is 0 Å². The standard InChI is InChI=1S/C14H15ClN2O/c1-16-9-11-5-7-13(8-6-11)18-10-12-3-2-4-14(15)17-12/h2-8,16H,9-10H2,1H3. The molecule has 1 heterocycles. The summed E-state index contributed by atoms with van der Waals surface area (Å²) in [5, 5.41) is 3.59. The molecule has 0 bridgehead atoms. The molecule has 3 nitrogen and oxygen atoms in total. The van der Waals surface area contributed by atoms with E-state index in [2.05, 4.69) is 10.3 Å². The van der Waals surface area contributed by atoms with E-state index in [0.717, 1.165) is 18.0 Å². The fourth-order valence-electron chi connectivity index (χ4n) is 1.60. The van der Waals surface area contributed by atoms with Crippen molar-refractivity contribution in [2.24, 2.45) is 0 Å². The van der Waals surface area contributed by atoms with Gasteiger partial charge in [-0.05, 0) is 36.9 Å². The monoisotopic (exact) mass is 262 g/mol. The zero-order chi connectivity index (χ0) is 12.8. The van der Waals surface area contributed by atoms with Crippen LogP contribution in [0.3, 0.4) is 0 Å². The Morgan fingerprint density at radius 3 is 2.61 bits per heavy atom. The van der Waals surface area contributed by atoms with Crippen molar-refractivity contribution in [1.29, 1.82) is 0 Å². The van der Waals surface area contributed by atoms with Crippen LogP contribution in [0.25, 0.3) is 0 Å². The van der Waals surface area contributed by atoms with Crippen LogP contribution >= 0.6 is 11.6 Å². The number of hydrogen-bond acceptors (Lipinski definition) is 3. The summed E-state index contributed by atoms with van der Waals surface area (Å²) in [6.45, 7) is 1.28. The van der Waals surface area contributed by atoms with E-state index < -0.39 is 0 Å². The van der Waals surface area contributed by atoms with E-state index in [1.165, 1.54) is 5.56 Å². The molecule has 0 amide bonds. The Hall–Kier alpha value is -1.58. The van der Waals surface area contributed by atoms with Gasteiger partial charge in [-0.15, -0.1) is 0 Å². The van der Waals surface area contributed by atoms with E-state index in [1.54, 1.807) is 6.07 Å². The summed E-state index contributed by atoms with van der Waals surface area (Å²) in [6, 6.07) is 13.5. The predicted octanol–water partition coefficient (Wildman–Crippen LogP) is 3.03. The number of hydrogen-bond donors (Lipinski definition) is 1. The minimum absolute atomic E-state index is 0.423. The Morgan fingerprint density at radius 2 is 1.94 bits per heavy atom. The molecule has 0 aliphatic heterocycles. The third-order valence-corrected chi connectivity index (χ3v) is 2.67. The molecular weight excluding hydrogens is 248 g/mol. The van der Waals surface area contributed by atoms with Crippen molar-refractivity contribution in [3.8, 4) is 5.75 Å². The fraction of sp³-hybridized carbons (Fsp3) is 0.214. The minimum atomic E-state index is 0.423. The van der Waals surface area contributed by atoms with Crippen molar-refractivity contribution in [3.05, 3.63) is 58.9 Å². The van der Waals surface area contributed by atoms with Crippen LogP contribution in [0.5, 0.6) is 5.75 Å². The highest BCUT2D eigenvalue weighted by Crippen LogP contribution is 2.14. The van der Waals surface area contributed by atoms with Crippen LogP contribution in [-0.2, 0) is 13.2 Å². The first-order chi connectivity index (χ1) is 8.78. The number of ether oxygens (including phenoxy) is 1. The number of benzene rings is 1. The van der Waals surface area contributed by atoms with Gasteiger partial charge in [-0.2, -0.15) is 0 Å². The lowest BCUT2D eigenvalue weighted by Gasteiger charge is -2.07. The van der Waals surface area contributed by atoms with Gasteiger partial charge in [-0.25, -0.2) is 4.98 Å². The molecule has 2 aromatic rings. The Bertz CT molecular complexity index is 499. The summed E-state index contributed by atoms with van der Waals surface area (Å²) in [4.78, 5) is 4.17. The summed E-state index contributed by atoms with van der Waals surface area (Å²) in [5.41, 5.74) is 2.05. The van der Waals surface area contributed by atoms with Crippen LogP contribution in [0, 0.1) is 0 Å². The first kappa shape index (κ1) is 12.9. The van der Waals surface area contributed by atoms with E-state index in [0.29, 0.717) is 11.8 Å². The van der Waals surface area contributed by atoms with Crippen molar-refractivity contribution >= 4 is 11.6 Å². The normalized spacial score (nSPS) is 10.3. The lowest BCUT2D eigenvalue weighted by Crippen LogP contribution is -2.04. The molecule has 18 heavy (non-hydrogen) atoms. The number of aromatic nitrogens is 1. The molecule has 0 unspecified atom stereocenters. The average molecular weight is 263 g/mol. The molecule has 1 aromatic heterocycles. The molecule has 1 aromatic carbocycles. The number of pyridine rings is 1. The first-order valence-electron chi connectivity index (χ1n) is 5.76. The third kappa shape index (κ3) is 3.72. The third-order valence-electron chi connectivity index (χ3n) is 2.46. The van der Waals surface area contributed by atoms with Crippen LogP contribution in [0.1, 0.15) is 11.3 Å². The van der Waals surface area contributed by atoms with E-state index in [9.17, 15) is 0 Å². The van der Waals surface area contributed by atoms with Gasteiger partial charge in [0.25, 0.3) is 0 Å². The average Bonchev–Trinajstić information content (AvgIpc) is 2.38. The van der Waals surface area contributed by atoms with Gasteiger partial charge in [-0.3, -0.25) is 0 Å². The van der Waals surface area contributed by atoms with Crippen molar-refractivity contribution in [3.63, 3.8) is 0 Å². The van der Waals surface area contributed by atoms with Gasteiger partial charge in [0.05, 0.1) is 5.69 Å². The number of halogens is 1.